The molecule has 0 aliphatic rings. The number of benzene rings is 1. The largest absolute Gasteiger partial charge is 0.494 e. The number of ether oxygens (including phenoxy) is 2. The fourth-order valence-corrected chi connectivity index (χ4v) is 1.59. The van der Waals surface area contributed by atoms with E-state index < -0.39 is 0 Å². The lowest BCUT2D eigenvalue weighted by atomic mass is 10.2. The van der Waals surface area contributed by atoms with Crippen LogP contribution in [0.25, 0.3) is 0 Å². The molecule has 0 bridgehead atoms. The molecule has 1 aromatic rings. The first-order valence-electron chi connectivity index (χ1n) is 5.76. The molecule has 0 aliphatic heterocycles. The normalized spacial score (nSPS) is 10.0. The van der Waals surface area contributed by atoms with Crippen LogP contribution in [0.15, 0.2) is 28.7 Å². The quantitative estimate of drug-likeness (QED) is 0.570. The minimum Gasteiger partial charge on any atom is -0.494 e. The third-order valence-electron chi connectivity index (χ3n) is 2.16. The van der Waals surface area contributed by atoms with E-state index in [4.69, 9.17) is 9.47 Å². The van der Waals surface area contributed by atoms with Gasteiger partial charge < -0.3 is 9.47 Å². The molecule has 0 atom stereocenters. The molecule has 0 amide bonds. The monoisotopic (exact) mass is 300 g/mol. The molecule has 0 aliphatic carbocycles. The highest BCUT2D eigenvalue weighted by Crippen LogP contribution is 2.16. The molecule has 17 heavy (non-hydrogen) atoms. The first kappa shape index (κ1) is 14.0. The Morgan fingerprint density at radius 1 is 1.24 bits per heavy atom. The molecule has 1 rings (SSSR count). The van der Waals surface area contributed by atoms with E-state index in [0.29, 0.717) is 19.6 Å². The average molecular weight is 301 g/mol. The van der Waals surface area contributed by atoms with Gasteiger partial charge in [0.25, 0.3) is 0 Å². The zero-order chi connectivity index (χ0) is 12.5. The van der Waals surface area contributed by atoms with Crippen LogP contribution in [0.5, 0.6) is 5.75 Å². The standard InChI is InChI=1S/C13H17BrO3/c1-2-16-13(15)5-3-4-10-17-12-8-6-11(14)7-9-12/h6-9H,2-5,10H2,1H3. The van der Waals surface area contributed by atoms with Crippen molar-refractivity contribution in [3.05, 3.63) is 28.7 Å². The van der Waals surface area contributed by atoms with Gasteiger partial charge in [-0.25, -0.2) is 0 Å². The van der Waals surface area contributed by atoms with Crippen LogP contribution in [0.3, 0.4) is 0 Å². The second-order valence-electron chi connectivity index (χ2n) is 3.56. The summed E-state index contributed by atoms with van der Waals surface area (Å²) >= 11 is 3.36. The van der Waals surface area contributed by atoms with Crippen molar-refractivity contribution in [3.63, 3.8) is 0 Å². The summed E-state index contributed by atoms with van der Waals surface area (Å²) in [5.41, 5.74) is 0. The van der Waals surface area contributed by atoms with Crippen LogP contribution in [-0.4, -0.2) is 19.2 Å². The van der Waals surface area contributed by atoms with Gasteiger partial charge in [-0.05, 0) is 44.0 Å². The van der Waals surface area contributed by atoms with Gasteiger partial charge in [-0.15, -0.1) is 0 Å². The SMILES string of the molecule is CCOC(=O)CCCCOc1ccc(Br)cc1. The topological polar surface area (TPSA) is 35.5 Å². The number of esters is 1. The second kappa shape index (κ2) is 8.12. The third-order valence-corrected chi connectivity index (χ3v) is 2.69. The summed E-state index contributed by atoms with van der Waals surface area (Å²) in [7, 11) is 0. The first-order valence-corrected chi connectivity index (χ1v) is 6.55. The van der Waals surface area contributed by atoms with Crippen LogP contribution < -0.4 is 4.74 Å². The Hall–Kier alpha value is -1.03. The van der Waals surface area contributed by atoms with Gasteiger partial charge in [0.2, 0.25) is 0 Å². The Balaban J connectivity index is 2.08. The molecule has 0 saturated heterocycles. The predicted molar refractivity (Wildman–Crippen MR) is 70.1 cm³/mol. The van der Waals surface area contributed by atoms with E-state index in [1.165, 1.54) is 0 Å². The number of hydrogen-bond acceptors (Lipinski definition) is 3. The van der Waals surface area contributed by atoms with Crippen molar-refractivity contribution in [1.82, 2.24) is 0 Å². The molecule has 0 radical (unpaired) electrons. The van der Waals surface area contributed by atoms with E-state index in [9.17, 15) is 4.79 Å². The summed E-state index contributed by atoms with van der Waals surface area (Å²) < 4.78 is 11.4. The molecular formula is C13H17BrO3. The Bertz CT molecular complexity index is 335. The van der Waals surface area contributed by atoms with Crippen molar-refractivity contribution in [3.8, 4) is 5.75 Å². The molecule has 0 heterocycles. The highest BCUT2D eigenvalue weighted by Gasteiger charge is 2.01. The maximum atomic E-state index is 11.0. The highest BCUT2D eigenvalue weighted by molar-refractivity contribution is 9.10. The lowest BCUT2D eigenvalue weighted by Gasteiger charge is -2.06. The van der Waals surface area contributed by atoms with Gasteiger partial charge in [-0.3, -0.25) is 4.79 Å². The van der Waals surface area contributed by atoms with Crippen LogP contribution in [-0.2, 0) is 9.53 Å². The Labute approximate surface area is 110 Å². The zero-order valence-electron chi connectivity index (χ0n) is 9.95. The zero-order valence-corrected chi connectivity index (χ0v) is 11.5. The Morgan fingerprint density at radius 2 is 1.94 bits per heavy atom. The molecule has 94 valence electrons. The highest BCUT2D eigenvalue weighted by atomic mass is 79.9. The average Bonchev–Trinajstić information content (AvgIpc) is 2.31. The van der Waals surface area contributed by atoms with E-state index in [0.717, 1.165) is 23.1 Å². The lowest BCUT2D eigenvalue weighted by molar-refractivity contribution is -0.143. The number of unbranched alkanes of at least 4 members (excludes halogenated alkanes) is 1. The van der Waals surface area contributed by atoms with E-state index in [1.807, 2.05) is 31.2 Å². The summed E-state index contributed by atoms with van der Waals surface area (Å²) in [4.78, 5) is 11.0. The maximum absolute atomic E-state index is 11.0. The fraction of sp³-hybridized carbons (Fsp3) is 0.462. The number of carbonyl (C=O) groups excluding carboxylic acids is 1. The van der Waals surface area contributed by atoms with E-state index in [2.05, 4.69) is 15.9 Å². The summed E-state index contributed by atoms with van der Waals surface area (Å²) in [5, 5.41) is 0. The summed E-state index contributed by atoms with van der Waals surface area (Å²) in [6.07, 6.45) is 2.13. The van der Waals surface area contributed by atoms with Crippen molar-refractivity contribution in [2.24, 2.45) is 0 Å². The number of rotatable bonds is 7. The van der Waals surface area contributed by atoms with Gasteiger partial charge >= 0.3 is 5.97 Å². The molecule has 1 aromatic carbocycles. The Kier molecular flexibility index (Phi) is 6.70. The van der Waals surface area contributed by atoms with Gasteiger partial charge in [0.15, 0.2) is 0 Å². The smallest absolute Gasteiger partial charge is 0.305 e. The van der Waals surface area contributed by atoms with Crippen molar-refractivity contribution in [2.75, 3.05) is 13.2 Å². The first-order chi connectivity index (χ1) is 8.22. The van der Waals surface area contributed by atoms with Crippen molar-refractivity contribution in [2.45, 2.75) is 26.2 Å². The third kappa shape index (κ3) is 6.31. The maximum Gasteiger partial charge on any atom is 0.305 e. The summed E-state index contributed by atoms with van der Waals surface area (Å²) in [6, 6.07) is 7.70. The van der Waals surface area contributed by atoms with Crippen LogP contribution in [0.2, 0.25) is 0 Å². The van der Waals surface area contributed by atoms with Gasteiger partial charge in [0, 0.05) is 10.9 Å². The summed E-state index contributed by atoms with van der Waals surface area (Å²) in [6.45, 7) is 2.89. The van der Waals surface area contributed by atoms with Crippen molar-refractivity contribution in [1.29, 1.82) is 0 Å². The van der Waals surface area contributed by atoms with Crippen molar-refractivity contribution >= 4 is 21.9 Å². The van der Waals surface area contributed by atoms with Crippen LogP contribution >= 0.6 is 15.9 Å². The minimum absolute atomic E-state index is 0.129. The number of halogens is 1. The molecule has 3 nitrogen and oxygen atoms in total. The van der Waals surface area contributed by atoms with Crippen LogP contribution in [0.4, 0.5) is 0 Å². The molecule has 0 N–H and O–H groups in total. The summed E-state index contributed by atoms with van der Waals surface area (Å²) in [5.74, 6) is 0.723. The fourth-order valence-electron chi connectivity index (χ4n) is 1.33. The molecule has 0 aromatic heterocycles. The van der Waals surface area contributed by atoms with Crippen LogP contribution in [0, 0.1) is 0 Å². The van der Waals surface area contributed by atoms with Crippen LogP contribution in [0.1, 0.15) is 26.2 Å². The van der Waals surface area contributed by atoms with E-state index in [-0.39, 0.29) is 5.97 Å². The number of carbonyl (C=O) groups is 1. The van der Waals surface area contributed by atoms with Gasteiger partial charge in [-0.1, -0.05) is 15.9 Å². The van der Waals surface area contributed by atoms with E-state index in [1.54, 1.807) is 0 Å². The molecule has 4 heteroatoms. The molecule has 0 unspecified atom stereocenters. The predicted octanol–water partition coefficient (Wildman–Crippen LogP) is 3.56. The van der Waals surface area contributed by atoms with Gasteiger partial charge in [0.1, 0.15) is 5.75 Å². The minimum atomic E-state index is -0.129. The molecule has 0 fully saturated rings. The second-order valence-corrected chi connectivity index (χ2v) is 4.48. The molecular weight excluding hydrogens is 284 g/mol. The molecule has 0 saturated carbocycles. The number of hydrogen-bond donors (Lipinski definition) is 0. The Morgan fingerprint density at radius 3 is 2.59 bits per heavy atom. The lowest BCUT2D eigenvalue weighted by Crippen LogP contribution is -2.05. The van der Waals surface area contributed by atoms with Gasteiger partial charge in [0.05, 0.1) is 13.2 Å². The van der Waals surface area contributed by atoms with E-state index >= 15 is 0 Å². The van der Waals surface area contributed by atoms with Crippen molar-refractivity contribution < 1.29 is 14.3 Å². The molecule has 0 spiro atoms. The van der Waals surface area contributed by atoms with Gasteiger partial charge in [-0.2, -0.15) is 0 Å².